The number of aromatic amines is 2. The molecule has 3 rings (SSSR count). The van der Waals surface area contributed by atoms with Gasteiger partial charge in [-0.05, 0) is 0 Å². The summed E-state index contributed by atoms with van der Waals surface area (Å²) in [6.45, 7) is -0.0600. The maximum atomic E-state index is 11.9. The van der Waals surface area contributed by atoms with Crippen LogP contribution in [-0.4, -0.2) is 66.5 Å². The van der Waals surface area contributed by atoms with Crippen molar-refractivity contribution in [3.63, 3.8) is 0 Å². The molecular formula is C11H18N5O10P2+. The van der Waals surface area contributed by atoms with Gasteiger partial charge in [-0.2, -0.15) is 0 Å². The summed E-state index contributed by atoms with van der Waals surface area (Å²) in [6, 6.07) is 0. The second-order valence-corrected chi connectivity index (χ2v) is 9.48. The highest BCUT2D eigenvalue weighted by atomic mass is 31.3. The number of nitrogens with one attached hydrogen (secondary N) is 2. The molecule has 1 fully saturated rings. The predicted octanol–water partition coefficient (Wildman–Crippen LogP) is -2.31. The van der Waals surface area contributed by atoms with Gasteiger partial charge in [0.15, 0.2) is 6.33 Å². The van der Waals surface area contributed by atoms with Crippen molar-refractivity contribution in [3.05, 3.63) is 16.7 Å². The first kappa shape index (κ1) is 21.0. The van der Waals surface area contributed by atoms with Crippen molar-refractivity contribution in [1.29, 1.82) is 0 Å². The van der Waals surface area contributed by atoms with Gasteiger partial charge in [-0.15, -0.1) is 0 Å². The van der Waals surface area contributed by atoms with Crippen molar-refractivity contribution >= 4 is 32.5 Å². The van der Waals surface area contributed by atoms with Crippen LogP contribution in [0, 0.1) is 0 Å². The third-order valence-electron chi connectivity index (χ3n) is 3.78. The van der Waals surface area contributed by atoms with Crippen LogP contribution >= 0.6 is 15.4 Å². The Labute approximate surface area is 155 Å². The van der Waals surface area contributed by atoms with Gasteiger partial charge < -0.3 is 30.5 Å². The summed E-state index contributed by atoms with van der Waals surface area (Å²) in [5.74, 6) is -0.190. The minimum Gasteiger partial charge on any atom is -0.387 e. The SMILES string of the molecule is CP(=O)(O)OP(=O)(O)OC[C@H]1O[C@@H]([n+]2c[nH]c3c(=O)[nH]c(N)nc32)[C@H](O)[C@@H]1O. The normalized spacial score (nSPS) is 29.6. The fraction of sp³-hybridized carbons (Fsp3) is 0.545. The number of aliphatic hydroxyl groups excluding tert-OH is 2. The van der Waals surface area contributed by atoms with Crippen LogP contribution in [0.4, 0.5) is 5.95 Å². The molecule has 2 aromatic heterocycles. The summed E-state index contributed by atoms with van der Waals surface area (Å²) < 4.78 is 38.0. The topological polar surface area (TPSA) is 234 Å². The molecule has 6 atom stereocenters. The number of phosphoric ester groups is 1. The second kappa shape index (κ2) is 7.30. The van der Waals surface area contributed by atoms with Crippen molar-refractivity contribution in [1.82, 2.24) is 15.0 Å². The van der Waals surface area contributed by atoms with Crippen molar-refractivity contribution in [3.8, 4) is 0 Å². The lowest BCUT2D eigenvalue weighted by Crippen LogP contribution is -2.46. The molecule has 2 aromatic rings. The maximum absolute atomic E-state index is 11.9. The number of H-pyrrole nitrogens is 2. The first-order valence-corrected chi connectivity index (χ1v) is 11.2. The Bertz CT molecular complexity index is 1030. The molecule has 17 heteroatoms. The highest BCUT2D eigenvalue weighted by molar-refractivity contribution is 7.63. The van der Waals surface area contributed by atoms with Crippen molar-refractivity contribution in [2.24, 2.45) is 0 Å². The van der Waals surface area contributed by atoms with Gasteiger partial charge in [0.2, 0.25) is 11.7 Å². The molecule has 0 bridgehead atoms. The van der Waals surface area contributed by atoms with E-state index in [2.05, 4.69) is 23.8 Å². The molecule has 156 valence electrons. The molecule has 2 unspecified atom stereocenters. The predicted molar refractivity (Wildman–Crippen MR) is 89.9 cm³/mol. The van der Waals surface area contributed by atoms with E-state index in [0.29, 0.717) is 6.66 Å². The molecular weight excluding hydrogens is 424 g/mol. The van der Waals surface area contributed by atoms with E-state index in [-0.39, 0.29) is 17.1 Å². The summed E-state index contributed by atoms with van der Waals surface area (Å²) in [5.41, 5.74) is 5.00. The lowest BCUT2D eigenvalue weighted by Gasteiger charge is -2.17. The van der Waals surface area contributed by atoms with Crippen LogP contribution < -0.4 is 15.9 Å². The molecule has 1 aliphatic rings. The van der Waals surface area contributed by atoms with Crippen LogP contribution in [0.1, 0.15) is 6.23 Å². The van der Waals surface area contributed by atoms with Gasteiger partial charge in [-0.25, -0.2) is 13.4 Å². The third kappa shape index (κ3) is 4.33. The standard InChI is InChI=1S/C11H17N5O10P2/c1-27(20,21)26-28(22,23)24-2-4-6(17)7(18)10(25-4)16-3-13-5-8(16)14-11(12)15-9(5)19/h3-4,6-7,10,17-18H,2H2,1H3,(H5,12,14,15,19,20,21,22,23)/p+1/t4-,6-,7-,10-/m1/s1. The van der Waals surface area contributed by atoms with Gasteiger partial charge >= 0.3 is 21.1 Å². The Morgan fingerprint density at radius 2 is 2.04 bits per heavy atom. The molecule has 0 aliphatic carbocycles. The van der Waals surface area contributed by atoms with Crippen molar-refractivity contribution < 1.29 is 47.3 Å². The molecule has 0 saturated carbocycles. The first-order chi connectivity index (χ1) is 12.9. The summed E-state index contributed by atoms with van der Waals surface area (Å²) in [6.07, 6.45) is -4.40. The lowest BCUT2D eigenvalue weighted by molar-refractivity contribution is -0.745. The number of phosphoric acid groups is 1. The number of aliphatic hydroxyl groups is 2. The van der Waals surface area contributed by atoms with Gasteiger partial charge in [0.25, 0.3) is 11.5 Å². The Hall–Kier alpha value is -1.67. The van der Waals surface area contributed by atoms with E-state index in [1.165, 1.54) is 10.9 Å². The Morgan fingerprint density at radius 1 is 1.36 bits per heavy atom. The number of hydrogen-bond acceptors (Lipinski definition) is 10. The van der Waals surface area contributed by atoms with Gasteiger partial charge in [0.05, 0.1) is 6.61 Å². The minimum atomic E-state index is -4.92. The van der Waals surface area contributed by atoms with E-state index in [4.69, 9.17) is 15.4 Å². The van der Waals surface area contributed by atoms with Crippen LogP contribution in [-0.2, 0) is 22.7 Å². The van der Waals surface area contributed by atoms with Crippen LogP contribution in [0.25, 0.3) is 11.2 Å². The molecule has 15 nitrogen and oxygen atoms in total. The van der Waals surface area contributed by atoms with Crippen LogP contribution in [0.15, 0.2) is 11.1 Å². The summed E-state index contributed by atoms with van der Waals surface area (Å²) in [4.78, 5) is 39.1. The lowest BCUT2D eigenvalue weighted by atomic mass is 10.1. The highest BCUT2D eigenvalue weighted by Crippen LogP contribution is 2.58. The number of aromatic nitrogens is 4. The van der Waals surface area contributed by atoms with Gasteiger partial charge in [0, 0.05) is 6.66 Å². The van der Waals surface area contributed by atoms with Gasteiger partial charge in [-0.3, -0.25) is 23.9 Å². The molecule has 0 aromatic carbocycles. The largest absolute Gasteiger partial charge is 0.479 e. The van der Waals surface area contributed by atoms with E-state index in [9.17, 15) is 29.0 Å². The summed E-state index contributed by atoms with van der Waals surface area (Å²) >= 11 is 0. The second-order valence-electron chi connectivity index (χ2n) is 6.03. The maximum Gasteiger partial charge on any atom is 0.479 e. The van der Waals surface area contributed by atoms with E-state index in [0.717, 1.165) is 0 Å². The van der Waals surface area contributed by atoms with Crippen LogP contribution in [0.2, 0.25) is 0 Å². The minimum absolute atomic E-state index is 0.0300. The van der Waals surface area contributed by atoms with E-state index in [1.807, 2.05) is 0 Å². The van der Waals surface area contributed by atoms with Gasteiger partial charge in [0.1, 0.15) is 18.3 Å². The number of fused-ring (bicyclic) bond motifs is 1. The number of nitrogen functional groups attached to an aromatic ring is 1. The molecule has 1 aliphatic heterocycles. The van der Waals surface area contributed by atoms with Crippen LogP contribution in [0.3, 0.4) is 0 Å². The van der Waals surface area contributed by atoms with Crippen molar-refractivity contribution in [2.75, 3.05) is 19.0 Å². The molecule has 1 saturated heterocycles. The number of imidazole rings is 1. The monoisotopic (exact) mass is 442 g/mol. The van der Waals surface area contributed by atoms with Crippen LogP contribution in [0.5, 0.6) is 0 Å². The Kier molecular flexibility index (Phi) is 5.49. The van der Waals surface area contributed by atoms with Gasteiger partial charge in [-0.1, -0.05) is 4.98 Å². The quantitative estimate of drug-likeness (QED) is 0.185. The fourth-order valence-electron chi connectivity index (χ4n) is 2.66. The molecule has 3 heterocycles. The zero-order valence-electron chi connectivity index (χ0n) is 14.2. The van der Waals surface area contributed by atoms with E-state index >= 15 is 0 Å². The first-order valence-electron chi connectivity index (χ1n) is 7.66. The Morgan fingerprint density at radius 3 is 2.68 bits per heavy atom. The average Bonchev–Trinajstić information content (AvgIpc) is 3.06. The number of hydrogen-bond donors (Lipinski definition) is 7. The number of ether oxygens (including phenoxy) is 1. The zero-order valence-corrected chi connectivity index (χ0v) is 16.0. The molecule has 8 N–H and O–H groups in total. The molecule has 0 spiro atoms. The smallest absolute Gasteiger partial charge is 0.387 e. The van der Waals surface area contributed by atoms with E-state index < -0.39 is 52.1 Å². The Balaban J connectivity index is 1.79. The molecule has 28 heavy (non-hydrogen) atoms. The number of anilines is 1. The van der Waals surface area contributed by atoms with E-state index in [1.54, 1.807) is 0 Å². The summed E-state index contributed by atoms with van der Waals surface area (Å²) in [7, 11) is -9.23. The number of nitrogens with two attached hydrogens (primary N) is 1. The average molecular weight is 442 g/mol. The molecule has 0 radical (unpaired) electrons. The number of rotatable bonds is 6. The fourth-order valence-corrected chi connectivity index (χ4v) is 4.72. The number of nitrogens with zero attached hydrogens (tertiary/aromatic N) is 2. The molecule has 0 amide bonds. The van der Waals surface area contributed by atoms with Crippen molar-refractivity contribution in [2.45, 2.75) is 24.5 Å². The zero-order chi connectivity index (χ0) is 20.9. The highest BCUT2D eigenvalue weighted by Gasteiger charge is 2.47. The third-order valence-corrected chi connectivity index (χ3v) is 6.29. The summed E-state index contributed by atoms with van der Waals surface area (Å²) in [5, 5.41) is 20.4.